The van der Waals surface area contributed by atoms with E-state index >= 15 is 0 Å². The van der Waals surface area contributed by atoms with Crippen molar-refractivity contribution < 1.29 is 18.3 Å². The fourth-order valence-electron chi connectivity index (χ4n) is 3.85. The van der Waals surface area contributed by atoms with Gasteiger partial charge in [0.05, 0.1) is 18.4 Å². The average molecular weight is 472 g/mol. The molecule has 1 saturated heterocycles. The van der Waals surface area contributed by atoms with E-state index in [0.717, 1.165) is 18.9 Å². The number of nitrogens with two attached hydrogens (primary N) is 1. The number of carbonyl (C=O) groups is 1. The lowest BCUT2D eigenvalue weighted by Gasteiger charge is -2.30. The van der Waals surface area contributed by atoms with Gasteiger partial charge in [-0.25, -0.2) is 13.8 Å². The molecule has 0 radical (unpaired) electrons. The normalized spacial score (nSPS) is 15.9. The van der Waals surface area contributed by atoms with Crippen LogP contribution in [0.15, 0.2) is 36.4 Å². The van der Waals surface area contributed by atoms with Gasteiger partial charge in [-0.1, -0.05) is 11.6 Å². The molecule has 2 aromatic carbocycles. The Kier molecular flexibility index (Phi) is 6.31. The SMILES string of the molecule is COc1ccc(-n2c(-c3ccc(C#N)c(F)c3)nc(C(=O)N3CCC[C@@H](N)C3)c2Cl)cc1F. The van der Waals surface area contributed by atoms with Crippen molar-refractivity contribution in [3.63, 3.8) is 0 Å². The molecule has 2 N–H and O–H groups in total. The number of nitriles is 1. The molecule has 4 rings (SSSR count). The van der Waals surface area contributed by atoms with Gasteiger partial charge in [-0.15, -0.1) is 0 Å². The monoisotopic (exact) mass is 471 g/mol. The van der Waals surface area contributed by atoms with Gasteiger partial charge in [0.2, 0.25) is 0 Å². The van der Waals surface area contributed by atoms with E-state index in [0.29, 0.717) is 13.1 Å². The molecule has 1 aliphatic rings. The predicted octanol–water partition coefficient (Wildman–Crippen LogP) is 3.91. The minimum absolute atomic E-state index is 0.0274. The van der Waals surface area contributed by atoms with E-state index in [1.807, 2.05) is 0 Å². The van der Waals surface area contributed by atoms with Crippen LogP contribution >= 0.6 is 11.6 Å². The highest BCUT2D eigenvalue weighted by Gasteiger charge is 2.29. The summed E-state index contributed by atoms with van der Waals surface area (Å²) in [5, 5.41) is 8.98. The van der Waals surface area contributed by atoms with Crippen molar-refractivity contribution in [2.45, 2.75) is 18.9 Å². The molecule has 0 unspecified atom stereocenters. The van der Waals surface area contributed by atoms with E-state index in [-0.39, 0.29) is 45.3 Å². The van der Waals surface area contributed by atoms with Crippen LogP contribution in [0.25, 0.3) is 17.1 Å². The van der Waals surface area contributed by atoms with Gasteiger partial charge in [-0.05, 0) is 43.2 Å². The summed E-state index contributed by atoms with van der Waals surface area (Å²) in [5.41, 5.74) is 6.34. The molecule has 170 valence electrons. The van der Waals surface area contributed by atoms with Gasteiger partial charge in [0.1, 0.15) is 22.9 Å². The van der Waals surface area contributed by atoms with Gasteiger partial charge in [-0.2, -0.15) is 5.26 Å². The fraction of sp³-hybridized carbons (Fsp3) is 0.261. The molecule has 1 aromatic heterocycles. The van der Waals surface area contributed by atoms with Crippen LogP contribution in [0.1, 0.15) is 28.9 Å². The van der Waals surface area contributed by atoms with Crippen LogP contribution in [0.2, 0.25) is 5.15 Å². The van der Waals surface area contributed by atoms with Crippen molar-refractivity contribution in [1.29, 1.82) is 5.26 Å². The quantitative estimate of drug-likeness (QED) is 0.622. The molecular formula is C23H20ClF2N5O2. The van der Waals surface area contributed by atoms with Crippen molar-refractivity contribution in [1.82, 2.24) is 14.5 Å². The predicted molar refractivity (Wildman–Crippen MR) is 118 cm³/mol. The summed E-state index contributed by atoms with van der Waals surface area (Å²) in [6, 6.07) is 9.66. The second-order valence-corrected chi connectivity index (χ2v) is 8.05. The Bertz CT molecular complexity index is 1270. The molecule has 0 bridgehead atoms. The molecule has 10 heteroatoms. The lowest BCUT2D eigenvalue weighted by molar-refractivity contribution is 0.0703. The van der Waals surface area contributed by atoms with Crippen molar-refractivity contribution >= 4 is 17.5 Å². The summed E-state index contributed by atoms with van der Waals surface area (Å²) < 4.78 is 35.2. The molecule has 7 nitrogen and oxygen atoms in total. The van der Waals surface area contributed by atoms with Crippen LogP contribution in [0.3, 0.4) is 0 Å². The number of amides is 1. The van der Waals surface area contributed by atoms with Crippen LogP contribution in [0.4, 0.5) is 8.78 Å². The minimum Gasteiger partial charge on any atom is -0.494 e. The second kappa shape index (κ2) is 9.17. The van der Waals surface area contributed by atoms with Crippen molar-refractivity contribution in [3.05, 3.63) is 64.4 Å². The second-order valence-electron chi connectivity index (χ2n) is 7.69. The molecule has 1 amide bonds. The number of rotatable bonds is 4. The molecule has 0 saturated carbocycles. The number of methoxy groups -OCH3 is 1. The van der Waals surface area contributed by atoms with E-state index in [4.69, 9.17) is 27.3 Å². The number of imidazole rings is 1. The number of hydrogen-bond acceptors (Lipinski definition) is 5. The smallest absolute Gasteiger partial charge is 0.275 e. The van der Waals surface area contributed by atoms with Gasteiger partial charge in [0, 0.05) is 30.8 Å². The number of hydrogen-bond donors (Lipinski definition) is 1. The summed E-state index contributed by atoms with van der Waals surface area (Å²) in [5.74, 6) is -1.67. The number of likely N-dealkylation sites (tertiary alicyclic amines) is 1. The molecule has 1 fully saturated rings. The van der Waals surface area contributed by atoms with Crippen LogP contribution in [-0.4, -0.2) is 46.6 Å². The topological polar surface area (TPSA) is 97.2 Å². The molecule has 2 heterocycles. The maximum atomic E-state index is 14.5. The van der Waals surface area contributed by atoms with E-state index in [2.05, 4.69) is 4.98 Å². The van der Waals surface area contributed by atoms with Crippen LogP contribution < -0.4 is 10.5 Å². The third-order valence-electron chi connectivity index (χ3n) is 5.51. The molecule has 3 aromatic rings. The largest absolute Gasteiger partial charge is 0.494 e. The molecule has 1 atom stereocenters. The van der Waals surface area contributed by atoms with E-state index < -0.39 is 17.5 Å². The van der Waals surface area contributed by atoms with Gasteiger partial charge in [0.25, 0.3) is 5.91 Å². The Morgan fingerprint density at radius 2 is 2.06 bits per heavy atom. The number of carbonyl (C=O) groups excluding carboxylic acids is 1. The van der Waals surface area contributed by atoms with Crippen LogP contribution in [-0.2, 0) is 0 Å². The Hall–Kier alpha value is -3.48. The van der Waals surface area contributed by atoms with Gasteiger partial charge >= 0.3 is 0 Å². The highest BCUT2D eigenvalue weighted by molar-refractivity contribution is 6.33. The van der Waals surface area contributed by atoms with Gasteiger partial charge in [0.15, 0.2) is 17.3 Å². The first-order chi connectivity index (χ1) is 15.8. The maximum Gasteiger partial charge on any atom is 0.275 e. The van der Waals surface area contributed by atoms with E-state index in [1.54, 1.807) is 17.0 Å². The number of halogens is 3. The summed E-state index contributed by atoms with van der Waals surface area (Å²) in [6.45, 7) is 0.869. The molecular weight excluding hydrogens is 452 g/mol. The summed E-state index contributed by atoms with van der Waals surface area (Å²) in [4.78, 5) is 19.2. The zero-order valence-corrected chi connectivity index (χ0v) is 18.4. The van der Waals surface area contributed by atoms with E-state index in [9.17, 15) is 13.6 Å². The Balaban J connectivity index is 1.88. The molecule has 0 spiro atoms. The summed E-state index contributed by atoms with van der Waals surface area (Å²) in [6.07, 6.45) is 1.56. The molecule has 1 aliphatic heterocycles. The van der Waals surface area contributed by atoms with Gasteiger partial charge < -0.3 is 15.4 Å². The first kappa shape index (κ1) is 22.7. The molecule has 0 aliphatic carbocycles. The van der Waals surface area contributed by atoms with Crippen molar-refractivity contribution in [2.75, 3.05) is 20.2 Å². The maximum absolute atomic E-state index is 14.5. The number of nitrogens with zero attached hydrogens (tertiary/aromatic N) is 4. The van der Waals surface area contributed by atoms with E-state index in [1.165, 1.54) is 35.9 Å². The standard InChI is InChI=1S/C23H20ClF2N5O2/c1-33-19-7-6-16(10-18(19)26)31-21(24)20(23(32)30-8-2-3-15(28)12-30)29-22(31)13-4-5-14(11-27)17(25)9-13/h4-7,9-10,15H,2-3,8,12,28H2,1H3/t15-/m1/s1. The zero-order chi connectivity index (χ0) is 23.7. The Morgan fingerprint density at radius 1 is 1.27 bits per heavy atom. The molecule has 33 heavy (non-hydrogen) atoms. The van der Waals surface area contributed by atoms with Crippen LogP contribution in [0.5, 0.6) is 5.75 Å². The number of piperidine rings is 1. The zero-order valence-electron chi connectivity index (χ0n) is 17.7. The Morgan fingerprint density at radius 3 is 2.70 bits per heavy atom. The van der Waals surface area contributed by atoms with Gasteiger partial charge in [-0.3, -0.25) is 9.36 Å². The number of aromatic nitrogens is 2. The third-order valence-corrected chi connectivity index (χ3v) is 5.86. The van der Waals surface area contributed by atoms with Crippen molar-refractivity contribution in [3.8, 4) is 28.9 Å². The first-order valence-electron chi connectivity index (χ1n) is 10.2. The highest BCUT2D eigenvalue weighted by atomic mass is 35.5. The lowest BCUT2D eigenvalue weighted by atomic mass is 10.1. The first-order valence-corrected chi connectivity index (χ1v) is 10.6. The Labute approximate surface area is 193 Å². The third kappa shape index (κ3) is 4.27. The van der Waals surface area contributed by atoms with Crippen LogP contribution in [0, 0.1) is 23.0 Å². The van der Waals surface area contributed by atoms with Crippen molar-refractivity contribution in [2.24, 2.45) is 5.73 Å². The minimum atomic E-state index is -0.753. The fourth-order valence-corrected chi connectivity index (χ4v) is 4.15. The number of ether oxygens (including phenoxy) is 1. The lowest BCUT2D eigenvalue weighted by Crippen LogP contribution is -2.45. The summed E-state index contributed by atoms with van der Waals surface area (Å²) >= 11 is 6.61. The number of benzene rings is 2. The summed E-state index contributed by atoms with van der Waals surface area (Å²) in [7, 11) is 1.34. The average Bonchev–Trinajstić information content (AvgIpc) is 3.15. The highest BCUT2D eigenvalue weighted by Crippen LogP contribution is 2.33.